The summed E-state index contributed by atoms with van der Waals surface area (Å²) >= 11 is 0. The zero-order chi connectivity index (χ0) is 22.6. The Labute approximate surface area is 184 Å². The molecule has 0 fully saturated rings. The van der Waals surface area contributed by atoms with Crippen molar-refractivity contribution >= 4 is 28.7 Å². The average Bonchev–Trinajstić information content (AvgIpc) is 2.98. The van der Waals surface area contributed by atoms with Crippen LogP contribution in [0.4, 0.5) is 17.1 Å². The second-order valence-electron chi connectivity index (χ2n) is 8.05. The van der Waals surface area contributed by atoms with E-state index in [1.807, 2.05) is 83.3 Å². The Hall–Kier alpha value is -3.32. The van der Waals surface area contributed by atoms with Gasteiger partial charge in [-0.05, 0) is 57.2 Å². The van der Waals surface area contributed by atoms with Crippen molar-refractivity contribution in [2.45, 2.75) is 33.7 Å². The van der Waals surface area contributed by atoms with E-state index in [9.17, 15) is 4.79 Å². The van der Waals surface area contributed by atoms with E-state index in [-0.39, 0.29) is 23.2 Å². The third-order valence-electron chi connectivity index (χ3n) is 5.29. The van der Waals surface area contributed by atoms with Gasteiger partial charge in [-0.2, -0.15) is 0 Å². The molecule has 2 N–H and O–H groups in total. The molecule has 7 nitrogen and oxygen atoms in total. The second kappa shape index (κ2) is 9.22. The fraction of sp³-hybridized carbons (Fsp3) is 0.333. The first-order chi connectivity index (χ1) is 14.7. The molecule has 164 valence electrons. The molecule has 1 atom stereocenters. The summed E-state index contributed by atoms with van der Waals surface area (Å²) in [7, 11) is 3.62. The Morgan fingerprint density at radius 3 is 2.29 bits per heavy atom. The van der Waals surface area contributed by atoms with Gasteiger partial charge in [-0.1, -0.05) is 21.9 Å². The molecule has 0 bridgehead atoms. The molecule has 2 aromatic carbocycles. The Kier molecular flexibility index (Phi) is 6.65. The number of methoxy groups -OCH3 is 1. The molecule has 1 aliphatic rings. The van der Waals surface area contributed by atoms with Crippen LogP contribution in [0.25, 0.3) is 0 Å². The molecule has 1 aliphatic heterocycles. The maximum atomic E-state index is 13.1. The van der Waals surface area contributed by atoms with E-state index in [1.165, 1.54) is 0 Å². The normalized spacial score (nSPS) is 17.8. The summed E-state index contributed by atoms with van der Waals surface area (Å²) < 4.78 is 5.48. The standard InChI is InChI=1S/C24H32N5O2/c1-17(2)28(20-11-13-21(31-6)14-12-20)24(30)16-25-22-9-7-8-10-23(22)27-29(5)19(4)15-18(3)26-29/h7-15,17,25,27H,16H2,1-6H3/q+1. The van der Waals surface area contributed by atoms with Gasteiger partial charge >= 0.3 is 0 Å². The van der Waals surface area contributed by atoms with Crippen LogP contribution in [0.3, 0.4) is 0 Å². The lowest BCUT2D eigenvalue weighted by molar-refractivity contribution is -0.854. The van der Waals surface area contributed by atoms with E-state index in [2.05, 4.69) is 21.9 Å². The van der Waals surface area contributed by atoms with E-state index in [1.54, 1.807) is 12.0 Å². The van der Waals surface area contributed by atoms with Gasteiger partial charge in [0, 0.05) is 24.7 Å². The average molecular weight is 423 g/mol. The van der Waals surface area contributed by atoms with Crippen LogP contribution in [0.1, 0.15) is 27.7 Å². The van der Waals surface area contributed by atoms with Crippen LogP contribution in [0.2, 0.25) is 0 Å². The number of nitrogens with one attached hydrogen (secondary N) is 2. The Morgan fingerprint density at radius 1 is 1.10 bits per heavy atom. The number of carbonyl (C=O) groups is 1. The Morgan fingerprint density at radius 2 is 1.74 bits per heavy atom. The molecule has 1 unspecified atom stereocenters. The summed E-state index contributed by atoms with van der Waals surface area (Å²) in [5, 5.41) is 7.98. The summed E-state index contributed by atoms with van der Waals surface area (Å²) in [4.78, 5) is 14.9. The number of amides is 1. The summed E-state index contributed by atoms with van der Waals surface area (Å²) in [5.74, 6) is 0.750. The lowest BCUT2D eigenvalue weighted by Crippen LogP contribution is -2.41. The molecule has 2 aromatic rings. The molecule has 31 heavy (non-hydrogen) atoms. The van der Waals surface area contributed by atoms with Crippen molar-refractivity contribution < 1.29 is 14.2 Å². The smallest absolute Gasteiger partial charge is 0.246 e. The van der Waals surface area contributed by atoms with Gasteiger partial charge in [0.05, 0.1) is 19.3 Å². The molecular formula is C24H32N5O2+. The van der Waals surface area contributed by atoms with Crippen LogP contribution in [0.15, 0.2) is 65.4 Å². The number of benzene rings is 2. The molecular weight excluding hydrogens is 390 g/mol. The van der Waals surface area contributed by atoms with E-state index in [4.69, 9.17) is 4.74 Å². The molecule has 0 saturated carbocycles. The van der Waals surface area contributed by atoms with Gasteiger partial charge in [-0.15, -0.1) is 0 Å². The van der Waals surface area contributed by atoms with Gasteiger partial charge in [0.25, 0.3) is 0 Å². The minimum atomic E-state index is -0.0125. The van der Waals surface area contributed by atoms with Crippen molar-refractivity contribution in [3.8, 4) is 5.75 Å². The monoisotopic (exact) mass is 422 g/mol. The molecule has 0 aliphatic carbocycles. The van der Waals surface area contributed by atoms with Crippen molar-refractivity contribution in [1.82, 2.24) is 0 Å². The fourth-order valence-electron chi connectivity index (χ4n) is 3.66. The Bertz CT molecular complexity index is 997. The van der Waals surface area contributed by atoms with Gasteiger partial charge in [0.2, 0.25) is 5.91 Å². The van der Waals surface area contributed by atoms with E-state index in [0.717, 1.165) is 34.2 Å². The number of hydrogen-bond acceptors (Lipinski definition) is 5. The van der Waals surface area contributed by atoms with Crippen molar-refractivity contribution in [3.05, 3.63) is 60.3 Å². The fourth-order valence-corrected chi connectivity index (χ4v) is 3.66. The third-order valence-corrected chi connectivity index (χ3v) is 5.29. The van der Waals surface area contributed by atoms with Crippen LogP contribution in [0, 0.1) is 0 Å². The molecule has 3 rings (SSSR count). The predicted octanol–water partition coefficient (Wildman–Crippen LogP) is 4.62. The number of anilines is 3. The van der Waals surface area contributed by atoms with E-state index >= 15 is 0 Å². The SMILES string of the molecule is COc1ccc(N(C(=O)CNc2ccccc2N[N+]2(C)N=C(C)C=C2C)C(C)C)cc1. The summed E-state index contributed by atoms with van der Waals surface area (Å²) in [5.41, 5.74) is 8.10. The lowest BCUT2D eigenvalue weighted by atomic mass is 10.2. The molecule has 0 radical (unpaired) electrons. The van der Waals surface area contributed by atoms with Gasteiger partial charge in [0.15, 0.2) is 5.70 Å². The van der Waals surface area contributed by atoms with Crippen LogP contribution in [-0.2, 0) is 4.79 Å². The zero-order valence-corrected chi connectivity index (χ0v) is 19.1. The highest BCUT2D eigenvalue weighted by Gasteiger charge is 2.31. The van der Waals surface area contributed by atoms with Crippen LogP contribution >= 0.6 is 0 Å². The quantitative estimate of drug-likeness (QED) is 0.610. The molecule has 7 heteroatoms. The van der Waals surface area contributed by atoms with Crippen molar-refractivity contribution in [3.63, 3.8) is 0 Å². The number of quaternary nitrogens is 1. The number of rotatable bonds is 8. The van der Waals surface area contributed by atoms with Gasteiger partial charge in [-0.25, -0.2) is 5.43 Å². The number of ether oxygens (including phenoxy) is 1. The van der Waals surface area contributed by atoms with E-state index in [0.29, 0.717) is 0 Å². The molecule has 0 spiro atoms. The predicted molar refractivity (Wildman–Crippen MR) is 127 cm³/mol. The summed E-state index contributed by atoms with van der Waals surface area (Å²) in [6.07, 6.45) is 2.06. The van der Waals surface area contributed by atoms with Crippen LogP contribution in [-0.4, -0.2) is 43.1 Å². The largest absolute Gasteiger partial charge is 0.497 e. The van der Waals surface area contributed by atoms with Crippen LogP contribution in [0.5, 0.6) is 5.75 Å². The molecule has 1 amide bonds. The maximum absolute atomic E-state index is 13.1. The van der Waals surface area contributed by atoms with Gasteiger partial charge in [-0.3, -0.25) is 4.79 Å². The number of nitrogens with zero attached hydrogens (tertiary/aromatic N) is 3. The Balaban J connectivity index is 1.74. The van der Waals surface area contributed by atoms with Crippen molar-refractivity contribution in [2.75, 3.05) is 36.3 Å². The first-order valence-electron chi connectivity index (χ1n) is 10.4. The van der Waals surface area contributed by atoms with Crippen molar-refractivity contribution in [1.29, 1.82) is 0 Å². The number of carbonyl (C=O) groups excluding carboxylic acids is 1. The highest BCUT2D eigenvalue weighted by molar-refractivity contribution is 5.97. The summed E-state index contributed by atoms with van der Waals surface area (Å²) in [6, 6.07) is 15.4. The molecule has 0 saturated heterocycles. The minimum Gasteiger partial charge on any atom is -0.497 e. The topological polar surface area (TPSA) is 66.0 Å². The molecule has 1 heterocycles. The van der Waals surface area contributed by atoms with Gasteiger partial charge in [0.1, 0.15) is 24.2 Å². The minimum absolute atomic E-state index is 0.0125. The van der Waals surface area contributed by atoms with E-state index < -0.39 is 0 Å². The van der Waals surface area contributed by atoms with Gasteiger partial charge < -0.3 is 15.0 Å². The van der Waals surface area contributed by atoms with Crippen LogP contribution < -0.4 is 20.4 Å². The zero-order valence-electron chi connectivity index (χ0n) is 19.1. The molecule has 0 aromatic heterocycles. The second-order valence-corrected chi connectivity index (χ2v) is 8.05. The summed E-state index contributed by atoms with van der Waals surface area (Å²) in [6.45, 7) is 8.21. The highest BCUT2D eigenvalue weighted by Crippen LogP contribution is 2.29. The first kappa shape index (κ1) is 22.4. The number of para-hydroxylation sites is 2. The van der Waals surface area contributed by atoms with Crippen molar-refractivity contribution in [2.24, 2.45) is 5.10 Å². The number of hydrogen-bond donors (Lipinski definition) is 2. The maximum Gasteiger partial charge on any atom is 0.246 e. The lowest BCUT2D eigenvalue weighted by Gasteiger charge is -2.28. The third kappa shape index (κ3) is 5.06. The highest BCUT2D eigenvalue weighted by atomic mass is 16.5. The number of allylic oxidation sites excluding steroid dienone is 2. The first-order valence-corrected chi connectivity index (χ1v) is 10.4.